The second kappa shape index (κ2) is 3.60. The molecule has 1 aromatic carbocycles. The van der Waals surface area contributed by atoms with Crippen molar-refractivity contribution < 1.29 is 0 Å². The first-order chi connectivity index (χ1) is 6.18. The van der Waals surface area contributed by atoms with Crippen LogP contribution in [-0.4, -0.2) is 0 Å². The average molecular weight is 261 g/mol. The van der Waals surface area contributed by atoms with Crippen LogP contribution in [0.2, 0.25) is 5.02 Å². The fourth-order valence-electron chi connectivity index (χ4n) is 1.45. The summed E-state index contributed by atoms with van der Waals surface area (Å²) in [6.07, 6.45) is 2.52. The van der Waals surface area contributed by atoms with Gasteiger partial charge in [0.2, 0.25) is 0 Å². The van der Waals surface area contributed by atoms with Crippen molar-refractivity contribution in [3.63, 3.8) is 0 Å². The summed E-state index contributed by atoms with van der Waals surface area (Å²) in [6, 6.07) is 6.12. The van der Waals surface area contributed by atoms with E-state index in [0.29, 0.717) is 5.92 Å². The molecule has 1 aliphatic carbocycles. The van der Waals surface area contributed by atoms with E-state index >= 15 is 0 Å². The van der Waals surface area contributed by atoms with Crippen LogP contribution in [0.15, 0.2) is 22.7 Å². The smallest absolute Gasteiger partial charge is 0.0551 e. The van der Waals surface area contributed by atoms with E-state index in [9.17, 15) is 0 Å². The van der Waals surface area contributed by atoms with E-state index in [1.807, 2.05) is 18.2 Å². The second-order valence-electron chi connectivity index (χ2n) is 3.54. The third-order valence-corrected chi connectivity index (χ3v) is 3.69. The van der Waals surface area contributed by atoms with Gasteiger partial charge in [-0.05, 0) is 52.4 Å². The third kappa shape index (κ3) is 2.06. The van der Waals surface area contributed by atoms with Crippen LogP contribution in [0.3, 0.4) is 0 Å². The average Bonchev–Trinajstić information content (AvgIpc) is 2.91. The van der Waals surface area contributed by atoms with Gasteiger partial charge in [0.05, 0.1) is 5.02 Å². The Morgan fingerprint density at radius 2 is 2.15 bits per heavy atom. The number of hydrogen-bond donors (Lipinski definition) is 1. The van der Waals surface area contributed by atoms with Crippen molar-refractivity contribution in [1.29, 1.82) is 0 Å². The largest absolute Gasteiger partial charge is 0.324 e. The molecule has 0 unspecified atom stereocenters. The van der Waals surface area contributed by atoms with Gasteiger partial charge in [-0.1, -0.05) is 17.7 Å². The summed E-state index contributed by atoms with van der Waals surface area (Å²) < 4.78 is 0.931. The standard InChI is InChI=1S/C10H11BrClN/c11-8-4-3-7(5-9(8)12)10(13)6-1-2-6/h3-6,10H,1-2,13H2/t10-/m1/s1. The molecule has 3 heteroatoms. The van der Waals surface area contributed by atoms with Gasteiger partial charge in [-0.2, -0.15) is 0 Å². The van der Waals surface area contributed by atoms with Crippen molar-refractivity contribution in [3.8, 4) is 0 Å². The van der Waals surface area contributed by atoms with Gasteiger partial charge >= 0.3 is 0 Å². The lowest BCUT2D eigenvalue weighted by atomic mass is 10.0. The molecule has 1 aromatic rings. The predicted octanol–water partition coefficient (Wildman–Crippen LogP) is 3.51. The molecule has 2 rings (SSSR count). The highest BCUT2D eigenvalue weighted by molar-refractivity contribution is 9.10. The van der Waals surface area contributed by atoms with Crippen LogP contribution in [0, 0.1) is 5.92 Å². The molecule has 0 spiro atoms. The summed E-state index contributed by atoms with van der Waals surface area (Å²) in [6.45, 7) is 0. The monoisotopic (exact) mass is 259 g/mol. The fourth-order valence-corrected chi connectivity index (χ4v) is 1.88. The quantitative estimate of drug-likeness (QED) is 0.865. The van der Waals surface area contributed by atoms with Crippen LogP contribution < -0.4 is 5.73 Å². The van der Waals surface area contributed by atoms with E-state index in [1.165, 1.54) is 12.8 Å². The molecule has 1 fully saturated rings. The zero-order valence-electron chi connectivity index (χ0n) is 7.13. The Morgan fingerprint density at radius 1 is 1.46 bits per heavy atom. The molecule has 0 heterocycles. The predicted molar refractivity (Wildman–Crippen MR) is 58.8 cm³/mol. The lowest BCUT2D eigenvalue weighted by Gasteiger charge is -2.11. The maximum Gasteiger partial charge on any atom is 0.0551 e. The highest BCUT2D eigenvalue weighted by Crippen LogP contribution is 2.40. The van der Waals surface area contributed by atoms with Crippen molar-refractivity contribution in [2.45, 2.75) is 18.9 Å². The summed E-state index contributed by atoms with van der Waals surface area (Å²) in [5, 5.41) is 0.744. The number of hydrogen-bond acceptors (Lipinski definition) is 1. The zero-order chi connectivity index (χ0) is 9.42. The fraction of sp³-hybridized carbons (Fsp3) is 0.400. The van der Waals surface area contributed by atoms with Crippen LogP contribution >= 0.6 is 27.5 Å². The maximum atomic E-state index is 6.05. The van der Waals surface area contributed by atoms with Crippen LogP contribution in [0.5, 0.6) is 0 Å². The van der Waals surface area contributed by atoms with Crippen molar-refractivity contribution in [1.82, 2.24) is 0 Å². The minimum Gasteiger partial charge on any atom is -0.324 e. The molecular formula is C10H11BrClN. The Morgan fingerprint density at radius 3 is 2.69 bits per heavy atom. The van der Waals surface area contributed by atoms with Crippen LogP contribution in [0.1, 0.15) is 24.4 Å². The molecule has 1 atom stereocenters. The molecule has 1 saturated carbocycles. The normalized spacial score (nSPS) is 18.7. The molecule has 13 heavy (non-hydrogen) atoms. The van der Waals surface area contributed by atoms with Crippen molar-refractivity contribution in [2.24, 2.45) is 11.7 Å². The van der Waals surface area contributed by atoms with Gasteiger partial charge in [0.25, 0.3) is 0 Å². The molecule has 70 valence electrons. The van der Waals surface area contributed by atoms with Gasteiger partial charge in [-0.25, -0.2) is 0 Å². The molecule has 1 aliphatic rings. The highest BCUT2D eigenvalue weighted by Gasteiger charge is 2.29. The van der Waals surface area contributed by atoms with Gasteiger partial charge < -0.3 is 5.73 Å². The molecule has 0 aliphatic heterocycles. The molecule has 0 saturated heterocycles. The minimum absolute atomic E-state index is 0.172. The summed E-state index contributed by atoms with van der Waals surface area (Å²) in [5.74, 6) is 0.678. The number of rotatable bonds is 2. The molecule has 1 nitrogen and oxygen atoms in total. The lowest BCUT2D eigenvalue weighted by molar-refractivity contribution is 0.633. The lowest BCUT2D eigenvalue weighted by Crippen LogP contribution is -2.12. The molecule has 2 N–H and O–H groups in total. The summed E-state index contributed by atoms with van der Waals surface area (Å²) in [7, 11) is 0. The Balaban J connectivity index is 2.24. The van der Waals surface area contributed by atoms with E-state index in [2.05, 4.69) is 15.9 Å². The highest BCUT2D eigenvalue weighted by atomic mass is 79.9. The van der Waals surface area contributed by atoms with E-state index in [0.717, 1.165) is 15.1 Å². The van der Waals surface area contributed by atoms with Crippen LogP contribution in [0.25, 0.3) is 0 Å². The Hall–Kier alpha value is -0.0500. The van der Waals surface area contributed by atoms with E-state index < -0.39 is 0 Å². The van der Waals surface area contributed by atoms with Gasteiger partial charge in [0.15, 0.2) is 0 Å². The van der Waals surface area contributed by atoms with E-state index in [4.69, 9.17) is 17.3 Å². The summed E-state index contributed by atoms with van der Waals surface area (Å²) >= 11 is 9.34. The zero-order valence-corrected chi connectivity index (χ0v) is 9.48. The first-order valence-electron chi connectivity index (χ1n) is 4.39. The van der Waals surface area contributed by atoms with Gasteiger partial charge in [0, 0.05) is 10.5 Å². The topological polar surface area (TPSA) is 26.0 Å². The molecule has 0 amide bonds. The SMILES string of the molecule is N[C@@H](c1ccc(Br)c(Cl)c1)C1CC1. The molecule has 0 aromatic heterocycles. The maximum absolute atomic E-state index is 6.05. The first-order valence-corrected chi connectivity index (χ1v) is 5.56. The Kier molecular flexibility index (Phi) is 2.63. The molecule has 0 bridgehead atoms. The van der Waals surface area contributed by atoms with Crippen LogP contribution in [0.4, 0.5) is 0 Å². The van der Waals surface area contributed by atoms with E-state index in [1.54, 1.807) is 0 Å². The van der Waals surface area contributed by atoms with Crippen molar-refractivity contribution >= 4 is 27.5 Å². The van der Waals surface area contributed by atoms with Gasteiger partial charge in [-0.15, -0.1) is 0 Å². The summed E-state index contributed by atoms with van der Waals surface area (Å²) in [5.41, 5.74) is 7.19. The Bertz CT molecular complexity index is 323. The third-order valence-electron chi connectivity index (χ3n) is 2.46. The van der Waals surface area contributed by atoms with E-state index in [-0.39, 0.29) is 6.04 Å². The molecule has 0 radical (unpaired) electrons. The number of halogens is 2. The number of nitrogens with two attached hydrogens (primary N) is 1. The summed E-state index contributed by atoms with van der Waals surface area (Å²) in [4.78, 5) is 0. The van der Waals surface area contributed by atoms with Gasteiger partial charge in [0.1, 0.15) is 0 Å². The minimum atomic E-state index is 0.172. The van der Waals surface area contributed by atoms with Crippen molar-refractivity contribution in [2.75, 3.05) is 0 Å². The van der Waals surface area contributed by atoms with Gasteiger partial charge in [-0.3, -0.25) is 0 Å². The number of benzene rings is 1. The molecular weight excluding hydrogens is 249 g/mol. The second-order valence-corrected chi connectivity index (χ2v) is 4.80. The first kappa shape index (κ1) is 9.50. The Labute approximate surface area is 91.4 Å². The van der Waals surface area contributed by atoms with Crippen LogP contribution in [-0.2, 0) is 0 Å². The van der Waals surface area contributed by atoms with Crippen molar-refractivity contribution in [3.05, 3.63) is 33.3 Å².